The van der Waals surface area contributed by atoms with E-state index in [4.69, 9.17) is 15.0 Å². The van der Waals surface area contributed by atoms with E-state index in [9.17, 15) is 0 Å². The van der Waals surface area contributed by atoms with E-state index in [-0.39, 0.29) is 17.3 Å². The Morgan fingerprint density at radius 2 is 0.909 bits per heavy atom. The summed E-state index contributed by atoms with van der Waals surface area (Å²) in [5.41, 5.74) is 13.0. The van der Waals surface area contributed by atoms with E-state index in [1.165, 1.54) is 43.8 Å². The van der Waals surface area contributed by atoms with Crippen LogP contribution in [0, 0.1) is 0 Å². The topological polar surface area (TPSA) is 38.7 Å². The Morgan fingerprint density at radius 1 is 0.418 bits per heavy atom. The van der Waals surface area contributed by atoms with Gasteiger partial charge in [-0.25, -0.2) is 15.0 Å². The first kappa shape index (κ1) is 32.9. The van der Waals surface area contributed by atoms with Gasteiger partial charge in [-0.3, -0.25) is 0 Å². The Balaban J connectivity index is 1.11. The van der Waals surface area contributed by atoms with Crippen molar-refractivity contribution in [2.24, 2.45) is 0 Å². The summed E-state index contributed by atoms with van der Waals surface area (Å²) in [5, 5.41) is 2.65. The van der Waals surface area contributed by atoms with Crippen LogP contribution in [0.4, 0.5) is 0 Å². The van der Waals surface area contributed by atoms with E-state index < -0.39 is 0 Å². The number of aromatic nitrogens is 3. The zero-order valence-corrected chi connectivity index (χ0v) is 30.9. The third kappa shape index (κ3) is 5.80. The average molecular weight is 706 g/mol. The van der Waals surface area contributed by atoms with Gasteiger partial charge in [0.15, 0.2) is 17.5 Å². The quantitative estimate of drug-likeness (QED) is 0.173. The van der Waals surface area contributed by atoms with E-state index in [0.717, 1.165) is 27.8 Å². The number of nitrogens with zero attached hydrogens (tertiary/aromatic N) is 3. The lowest BCUT2D eigenvalue weighted by atomic mass is 9.71. The molecule has 0 saturated heterocycles. The van der Waals surface area contributed by atoms with Gasteiger partial charge < -0.3 is 0 Å². The first-order chi connectivity index (χ1) is 27.0. The Morgan fingerprint density at radius 3 is 1.58 bits per heavy atom. The van der Waals surface area contributed by atoms with Crippen molar-refractivity contribution in [3.8, 4) is 56.4 Å². The molecule has 7 aromatic carbocycles. The highest BCUT2D eigenvalue weighted by Crippen LogP contribution is 2.57. The van der Waals surface area contributed by atoms with Crippen molar-refractivity contribution in [2.45, 2.75) is 31.1 Å². The normalized spacial score (nSPS) is 16.4. The molecule has 3 heteroatoms. The van der Waals surface area contributed by atoms with Gasteiger partial charge in [0, 0.05) is 33.9 Å². The first-order valence-electron chi connectivity index (χ1n) is 19.1. The molecule has 2 atom stereocenters. The largest absolute Gasteiger partial charge is 0.208 e. The minimum atomic E-state index is -0.218. The maximum absolute atomic E-state index is 5.19. The van der Waals surface area contributed by atoms with E-state index >= 15 is 0 Å². The predicted molar refractivity (Wildman–Crippen MR) is 226 cm³/mol. The molecule has 3 nitrogen and oxygen atoms in total. The third-order valence-corrected chi connectivity index (χ3v) is 11.6. The molecule has 0 N–H and O–H groups in total. The minimum absolute atomic E-state index is 0.200. The molecule has 0 saturated carbocycles. The van der Waals surface area contributed by atoms with Gasteiger partial charge in [0.25, 0.3) is 0 Å². The second kappa shape index (κ2) is 13.3. The van der Waals surface area contributed by atoms with Crippen molar-refractivity contribution in [2.75, 3.05) is 0 Å². The molecule has 0 radical (unpaired) electrons. The summed E-state index contributed by atoms with van der Waals surface area (Å²) in [6, 6.07) is 64.9. The Kier molecular flexibility index (Phi) is 7.96. The highest BCUT2D eigenvalue weighted by Gasteiger charge is 2.46. The van der Waals surface area contributed by atoms with Crippen molar-refractivity contribution in [1.82, 2.24) is 15.0 Å². The highest BCUT2D eigenvalue weighted by molar-refractivity contribution is 5.82. The van der Waals surface area contributed by atoms with Crippen LogP contribution in [-0.2, 0) is 5.41 Å². The van der Waals surface area contributed by atoms with Crippen molar-refractivity contribution in [1.29, 1.82) is 0 Å². The van der Waals surface area contributed by atoms with Gasteiger partial charge in [0.2, 0.25) is 0 Å². The Hall–Kier alpha value is -6.71. The van der Waals surface area contributed by atoms with Gasteiger partial charge in [-0.05, 0) is 67.1 Å². The van der Waals surface area contributed by atoms with Crippen LogP contribution in [0.3, 0.4) is 0 Å². The molecule has 262 valence electrons. The molecule has 55 heavy (non-hydrogen) atoms. The summed E-state index contributed by atoms with van der Waals surface area (Å²) in [6.45, 7) is 4.79. The highest BCUT2D eigenvalue weighted by atomic mass is 15.0. The van der Waals surface area contributed by atoms with Gasteiger partial charge in [0.1, 0.15) is 0 Å². The molecule has 0 bridgehead atoms. The van der Waals surface area contributed by atoms with Crippen LogP contribution in [0.15, 0.2) is 182 Å². The molecule has 0 amide bonds. The standard InChI is InChI=1S/C52H39N3/c1-52(2)46-33-42(51-54-49(38-19-10-5-11-20-38)53-50(55-51)41-23-14-22-39(31-41)35-17-8-4-9-18-35)29-30-44(46)47-45(32-40-21-12-13-24-43(40)48(47)52)37-27-25-36(26-28-37)34-15-6-3-7-16-34/h3-33,45,47H,1-2H3. The average Bonchev–Trinajstić information content (AvgIpc) is 3.50. The van der Waals surface area contributed by atoms with Crippen LogP contribution in [0.25, 0.3) is 68.1 Å². The van der Waals surface area contributed by atoms with Gasteiger partial charge >= 0.3 is 0 Å². The first-order valence-corrected chi connectivity index (χ1v) is 19.1. The van der Waals surface area contributed by atoms with Crippen molar-refractivity contribution in [3.05, 3.63) is 209 Å². The molecular weight excluding hydrogens is 667 g/mol. The zero-order chi connectivity index (χ0) is 36.9. The van der Waals surface area contributed by atoms with Gasteiger partial charge in [-0.15, -0.1) is 0 Å². The molecule has 0 fully saturated rings. The fourth-order valence-electron chi connectivity index (χ4n) is 8.89. The lowest BCUT2D eigenvalue weighted by Gasteiger charge is -2.31. The molecule has 2 unspecified atom stereocenters. The molecule has 1 heterocycles. The smallest absolute Gasteiger partial charge is 0.164 e. The van der Waals surface area contributed by atoms with Gasteiger partial charge in [0.05, 0.1) is 0 Å². The van der Waals surface area contributed by atoms with Crippen molar-refractivity contribution < 1.29 is 0 Å². The van der Waals surface area contributed by atoms with Gasteiger partial charge in [-0.1, -0.05) is 190 Å². The number of benzene rings is 7. The zero-order valence-electron chi connectivity index (χ0n) is 30.9. The predicted octanol–water partition coefficient (Wildman–Crippen LogP) is 11.0. The van der Waals surface area contributed by atoms with Gasteiger partial charge in [-0.2, -0.15) is 0 Å². The van der Waals surface area contributed by atoms with E-state index in [2.05, 4.69) is 178 Å². The Bertz CT molecular complexity index is 2830. The molecule has 2 aliphatic carbocycles. The van der Waals surface area contributed by atoms with Crippen LogP contribution >= 0.6 is 0 Å². The van der Waals surface area contributed by atoms with Crippen LogP contribution in [0.2, 0.25) is 0 Å². The Labute approximate surface area is 322 Å². The summed E-state index contributed by atoms with van der Waals surface area (Å²) in [5.74, 6) is 2.41. The fourth-order valence-corrected chi connectivity index (χ4v) is 8.89. The van der Waals surface area contributed by atoms with Crippen LogP contribution < -0.4 is 10.4 Å². The number of hydrogen-bond donors (Lipinski definition) is 0. The lowest BCUT2D eigenvalue weighted by molar-refractivity contribution is 0.670. The minimum Gasteiger partial charge on any atom is -0.208 e. The lowest BCUT2D eigenvalue weighted by Crippen LogP contribution is -2.37. The number of hydrogen-bond acceptors (Lipinski definition) is 3. The second-order valence-corrected chi connectivity index (χ2v) is 15.2. The second-order valence-electron chi connectivity index (χ2n) is 15.2. The number of fused-ring (bicyclic) bond motifs is 4. The summed E-state index contributed by atoms with van der Waals surface area (Å²) in [6.07, 6.45) is 2.49. The molecule has 8 aromatic rings. The SMILES string of the molecule is CC1(C)C2=c3ccccc3=CC(c3ccc(-c4ccccc4)cc3)C2c2ccc(-c3nc(-c4ccccc4)nc(-c4cccc(-c5ccccc5)c4)n3)cc21. The van der Waals surface area contributed by atoms with Crippen molar-refractivity contribution >= 4 is 11.6 Å². The maximum Gasteiger partial charge on any atom is 0.164 e. The van der Waals surface area contributed by atoms with E-state index in [1.807, 2.05) is 24.3 Å². The van der Waals surface area contributed by atoms with E-state index in [0.29, 0.717) is 17.5 Å². The summed E-state index contributed by atoms with van der Waals surface area (Å²) in [4.78, 5) is 15.4. The molecule has 2 aliphatic rings. The van der Waals surface area contributed by atoms with Crippen LogP contribution in [-0.4, -0.2) is 15.0 Å². The van der Waals surface area contributed by atoms with Crippen LogP contribution in [0.1, 0.15) is 42.4 Å². The third-order valence-electron chi connectivity index (χ3n) is 11.6. The summed E-state index contributed by atoms with van der Waals surface area (Å²) >= 11 is 0. The summed E-state index contributed by atoms with van der Waals surface area (Å²) in [7, 11) is 0. The molecule has 10 rings (SSSR count). The van der Waals surface area contributed by atoms with Crippen molar-refractivity contribution in [3.63, 3.8) is 0 Å². The van der Waals surface area contributed by atoms with Crippen LogP contribution in [0.5, 0.6) is 0 Å². The summed E-state index contributed by atoms with van der Waals surface area (Å²) < 4.78 is 0. The fraction of sp³-hybridized carbons (Fsp3) is 0.0962. The monoisotopic (exact) mass is 705 g/mol. The molecule has 0 spiro atoms. The maximum atomic E-state index is 5.19. The molecular formula is C52H39N3. The molecule has 0 aliphatic heterocycles. The number of rotatable bonds is 6. The molecule has 1 aromatic heterocycles. The van der Waals surface area contributed by atoms with E-state index in [1.54, 1.807) is 0 Å².